The molecule has 1 atom stereocenters. The predicted octanol–water partition coefficient (Wildman–Crippen LogP) is 5.84. The fourth-order valence-corrected chi connectivity index (χ4v) is 4.49. The maximum Gasteiger partial charge on any atom is 0.240 e. The second kappa shape index (κ2) is 10.9. The quantitative estimate of drug-likeness (QED) is 0.331. The van der Waals surface area contributed by atoms with E-state index in [0.717, 1.165) is 28.3 Å². The molecule has 1 N–H and O–H groups in total. The Morgan fingerprint density at radius 2 is 1.68 bits per heavy atom. The van der Waals surface area contributed by atoms with Gasteiger partial charge in [-0.25, -0.2) is 4.98 Å². The van der Waals surface area contributed by atoms with Crippen LogP contribution in [0.5, 0.6) is 11.5 Å². The van der Waals surface area contributed by atoms with E-state index in [1.54, 1.807) is 14.2 Å². The molecule has 4 rings (SSSR count). The number of methoxy groups -OCH3 is 2. The van der Waals surface area contributed by atoms with E-state index in [-0.39, 0.29) is 18.5 Å². The molecular weight excluding hydrogens is 446 g/mol. The number of carbonyl (C=O) groups is 1. The van der Waals surface area contributed by atoms with Crippen molar-refractivity contribution in [3.8, 4) is 22.8 Å². The van der Waals surface area contributed by atoms with Crippen molar-refractivity contribution >= 4 is 28.1 Å². The number of hydrogen-bond donors (Lipinski definition) is 1. The maximum absolute atomic E-state index is 13.1. The molecule has 0 spiro atoms. The zero-order valence-corrected chi connectivity index (χ0v) is 20.2. The number of carbonyl (C=O) groups excluding carboxylic acids is 1. The van der Waals surface area contributed by atoms with Gasteiger partial charge in [-0.15, -0.1) is 11.3 Å². The van der Waals surface area contributed by atoms with Crippen LogP contribution in [-0.2, 0) is 4.79 Å². The molecule has 1 amide bonds. The molecule has 0 aliphatic carbocycles. The largest absolute Gasteiger partial charge is 0.497 e. The molecule has 1 heterocycles. The van der Waals surface area contributed by atoms with Crippen LogP contribution in [0.1, 0.15) is 18.5 Å². The minimum absolute atomic E-state index is 0.104. The number of amides is 1. The molecule has 7 heteroatoms. The Hall–Kier alpha value is -3.84. The van der Waals surface area contributed by atoms with Crippen molar-refractivity contribution in [2.75, 3.05) is 25.7 Å². The van der Waals surface area contributed by atoms with E-state index in [1.165, 1.54) is 11.3 Å². The first-order valence-corrected chi connectivity index (χ1v) is 11.8. The third-order valence-electron chi connectivity index (χ3n) is 5.46. The number of thiazole rings is 1. The molecule has 3 aromatic carbocycles. The zero-order chi connectivity index (χ0) is 23.9. The normalized spacial score (nSPS) is 11.5. The second-order valence-electron chi connectivity index (χ2n) is 7.70. The van der Waals surface area contributed by atoms with Gasteiger partial charge in [0.1, 0.15) is 18.0 Å². The van der Waals surface area contributed by atoms with E-state index in [4.69, 9.17) is 14.5 Å². The molecule has 4 aromatic rings. The molecule has 0 fully saturated rings. The maximum atomic E-state index is 13.1. The number of aromatic nitrogens is 1. The molecule has 6 nitrogen and oxygen atoms in total. The number of anilines is 2. The van der Waals surface area contributed by atoms with Gasteiger partial charge in [0.2, 0.25) is 5.91 Å². The van der Waals surface area contributed by atoms with E-state index >= 15 is 0 Å². The Balaban J connectivity index is 1.61. The minimum atomic E-state index is -0.112. The van der Waals surface area contributed by atoms with E-state index in [0.29, 0.717) is 10.9 Å². The number of rotatable bonds is 9. The first-order valence-electron chi connectivity index (χ1n) is 10.9. The van der Waals surface area contributed by atoms with Gasteiger partial charge in [-0.05, 0) is 48.9 Å². The number of benzene rings is 3. The lowest BCUT2D eigenvalue weighted by Crippen LogP contribution is -2.36. The van der Waals surface area contributed by atoms with Crippen molar-refractivity contribution in [2.24, 2.45) is 0 Å². The summed E-state index contributed by atoms with van der Waals surface area (Å²) in [6.07, 6.45) is 0. The predicted molar refractivity (Wildman–Crippen MR) is 137 cm³/mol. The molecule has 0 radical (unpaired) electrons. The van der Waals surface area contributed by atoms with Crippen molar-refractivity contribution in [2.45, 2.75) is 13.0 Å². The highest BCUT2D eigenvalue weighted by Crippen LogP contribution is 2.37. The highest BCUT2D eigenvalue weighted by atomic mass is 32.1. The lowest BCUT2D eigenvalue weighted by molar-refractivity contribution is -0.120. The van der Waals surface area contributed by atoms with Crippen LogP contribution in [0.3, 0.4) is 0 Å². The molecule has 0 aliphatic heterocycles. The lowest BCUT2D eigenvalue weighted by atomic mass is 10.1. The van der Waals surface area contributed by atoms with Gasteiger partial charge in [0.05, 0.1) is 31.6 Å². The SMILES string of the molecule is COc1ccc(-c2csc(N(CC(=O)NC(C)c3ccccc3)c3ccccc3OC)n2)cc1. The summed E-state index contributed by atoms with van der Waals surface area (Å²) in [5.74, 6) is 1.36. The van der Waals surface area contributed by atoms with Crippen LogP contribution in [0.4, 0.5) is 10.8 Å². The van der Waals surface area contributed by atoms with E-state index in [9.17, 15) is 4.79 Å². The number of nitrogens with one attached hydrogen (secondary N) is 1. The van der Waals surface area contributed by atoms with Gasteiger partial charge in [0.25, 0.3) is 0 Å². The van der Waals surface area contributed by atoms with Crippen molar-refractivity contribution in [1.82, 2.24) is 10.3 Å². The van der Waals surface area contributed by atoms with Crippen LogP contribution in [0.2, 0.25) is 0 Å². The van der Waals surface area contributed by atoms with Crippen LogP contribution >= 0.6 is 11.3 Å². The summed E-state index contributed by atoms with van der Waals surface area (Å²) in [4.78, 5) is 19.8. The van der Waals surface area contributed by atoms with Crippen LogP contribution in [0.25, 0.3) is 11.3 Å². The van der Waals surface area contributed by atoms with Gasteiger partial charge >= 0.3 is 0 Å². The molecule has 174 valence electrons. The summed E-state index contributed by atoms with van der Waals surface area (Å²) >= 11 is 1.48. The van der Waals surface area contributed by atoms with Crippen LogP contribution in [0, 0.1) is 0 Å². The minimum Gasteiger partial charge on any atom is -0.497 e. The van der Waals surface area contributed by atoms with E-state index in [1.807, 2.05) is 96.1 Å². The zero-order valence-electron chi connectivity index (χ0n) is 19.4. The molecule has 0 aliphatic rings. The fourth-order valence-electron chi connectivity index (χ4n) is 3.65. The third-order valence-corrected chi connectivity index (χ3v) is 6.33. The van der Waals surface area contributed by atoms with Gasteiger partial charge in [0.15, 0.2) is 5.13 Å². The molecule has 0 saturated heterocycles. The Morgan fingerprint density at radius 1 is 0.971 bits per heavy atom. The molecule has 1 aromatic heterocycles. The fraction of sp³-hybridized carbons (Fsp3) is 0.185. The Morgan fingerprint density at radius 3 is 2.38 bits per heavy atom. The number of para-hydroxylation sites is 2. The summed E-state index contributed by atoms with van der Waals surface area (Å²) in [5, 5.41) is 5.79. The average Bonchev–Trinajstić information content (AvgIpc) is 3.38. The smallest absolute Gasteiger partial charge is 0.240 e. The van der Waals surface area contributed by atoms with Gasteiger partial charge < -0.3 is 19.7 Å². The number of ether oxygens (including phenoxy) is 2. The molecule has 1 unspecified atom stereocenters. The Bertz CT molecular complexity index is 1230. The van der Waals surface area contributed by atoms with Gasteiger partial charge in [-0.3, -0.25) is 4.79 Å². The van der Waals surface area contributed by atoms with Crippen LogP contribution < -0.4 is 19.7 Å². The van der Waals surface area contributed by atoms with Gasteiger partial charge in [-0.2, -0.15) is 0 Å². The van der Waals surface area contributed by atoms with Crippen molar-refractivity contribution < 1.29 is 14.3 Å². The van der Waals surface area contributed by atoms with E-state index < -0.39 is 0 Å². The summed E-state index contributed by atoms with van der Waals surface area (Å²) in [6, 6.07) is 25.2. The van der Waals surface area contributed by atoms with Crippen LogP contribution in [-0.4, -0.2) is 31.7 Å². The first kappa shape index (κ1) is 23.3. The van der Waals surface area contributed by atoms with Gasteiger partial charge in [-0.1, -0.05) is 42.5 Å². The number of hydrogen-bond acceptors (Lipinski definition) is 6. The van der Waals surface area contributed by atoms with Gasteiger partial charge in [0, 0.05) is 10.9 Å². The standard InChI is InChI=1S/C27H27N3O3S/c1-19(20-9-5-4-6-10-20)28-26(31)17-30(24-11-7-8-12-25(24)33-3)27-29-23(18-34-27)21-13-15-22(32-2)16-14-21/h4-16,18-19H,17H2,1-3H3,(H,28,31). The Kier molecular flexibility index (Phi) is 7.44. The lowest BCUT2D eigenvalue weighted by Gasteiger charge is -2.24. The summed E-state index contributed by atoms with van der Waals surface area (Å²) < 4.78 is 10.8. The topological polar surface area (TPSA) is 63.7 Å². The third kappa shape index (κ3) is 5.38. The Labute approximate surface area is 203 Å². The van der Waals surface area contributed by atoms with Crippen molar-refractivity contribution in [3.63, 3.8) is 0 Å². The molecular formula is C27H27N3O3S. The number of nitrogens with zero attached hydrogens (tertiary/aromatic N) is 2. The van der Waals surface area contributed by atoms with Crippen LogP contribution in [0.15, 0.2) is 84.2 Å². The molecule has 0 saturated carbocycles. The summed E-state index contributed by atoms with van der Waals surface area (Å²) in [5.41, 5.74) is 3.64. The summed E-state index contributed by atoms with van der Waals surface area (Å²) in [6.45, 7) is 2.08. The average molecular weight is 474 g/mol. The molecule has 0 bridgehead atoms. The second-order valence-corrected chi connectivity index (χ2v) is 8.54. The monoisotopic (exact) mass is 473 g/mol. The summed E-state index contributed by atoms with van der Waals surface area (Å²) in [7, 11) is 3.27. The van der Waals surface area contributed by atoms with Crippen molar-refractivity contribution in [3.05, 3.63) is 89.8 Å². The highest BCUT2D eigenvalue weighted by Gasteiger charge is 2.22. The van der Waals surface area contributed by atoms with E-state index in [2.05, 4.69) is 5.32 Å². The van der Waals surface area contributed by atoms with Crippen molar-refractivity contribution in [1.29, 1.82) is 0 Å². The first-order chi connectivity index (χ1) is 16.6. The molecule has 34 heavy (non-hydrogen) atoms. The highest BCUT2D eigenvalue weighted by molar-refractivity contribution is 7.14.